The van der Waals surface area contributed by atoms with Crippen LogP contribution in [0.5, 0.6) is 0 Å². The van der Waals surface area contributed by atoms with Crippen LogP contribution in [0, 0.1) is 11.3 Å². The molecule has 108 valence electrons. The number of amides is 1. The highest BCUT2D eigenvalue weighted by atomic mass is 32.1. The van der Waals surface area contributed by atoms with Crippen LogP contribution in [0.1, 0.15) is 39.0 Å². The van der Waals surface area contributed by atoms with Crippen molar-refractivity contribution in [2.45, 2.75) is 39.0 Å². The van der Waals surface area contributed by atoms with Crippen molar-refractivity contribution < 1.29 is 9.53 Å². The number of likely N-dealkylation sites (tertiary alicyclic amines) is 1. The lowest BCUT2D eigenvalue weighted by atomic mass is 9.78. The molecule has 5 heteroatoms. The topological polar surface area (TPSA) is 55.6 Å². The summed E-state index contributed by atoms with van der Waals surface area (Å²) in [7, 11) is 0. The zero-order valence-electron chi connectivity index (χ0n) is 11.7. The highest BCUT2D eigenvalue weighted by Crippen LogP contribution is 2.35. The van der Waals surface area contributed by atoms with Crippen molar-refractivity contribution in [1.82, 2.24) is 4.90 Å². The molecule has 1 amide bonds. The van der Waals surface area contributed by atoms with Crippen molar-refractivity contribution in [1.29, 1.82) is 0 Å². The molecule has 2 aliphatic heterocycles. The van der Waals surface area contributed by atoms with Crippen molar-refractivity contribution in [3.63, 3.8) is 0 Å². The molecule has 0 spiro atoms. The third-order valence-electron chi connectivity index (χ3n) is 4.50. The van der Waals surface area contributed by atoms with E-state index in [0.717, 1.165) is 19.5 Å². The van der Waals surface area contributed by atoms with Gasteiger partial charge in [-0.15, -0.1) is 0 Å². The lowest BCUT2D eigenvalue weighted by Crippen LogP contribution is -2.52. The maximum Gasteiger partial charge on any atom is 0.235 e. The van der Waals surface area contributed by atoms with Gasteiger partial charge in [-0.25, -0.2) is 0 Å². The van der Waals surface area contributed by atoms with Crippen LogP contribution < -0.4 is 5.73 Å². The van der Waals surface area contributed by atoms with Gasteiger partial charge in [0, 0.05) is 26.3 Å². The first kappa shape index (κ1) is 14.7. The molecule has 1 unspecified atom stereocenters. The molecule has 4 nitrogen and oxygen atoms in total. The van der Waals surface area contributed by atoms with Gasteiger partial charge in [0.1, 0.15) is 5.41 Å². The summed E-state index contributed by atoms with van der Waals surface area (Å²) in [5, 5.41) is 0. The number of thiocarbonyl (C=S) groups is 1. The van der Waals surface area contributed by atoms with E-state index in [1.54, 1.807) is 0 Å². The molecule has 1 atom stereocenters. The molecule has 19 heavy (non-hydrogen) atoms. The van der Waals surface area contributed by atoms with E-state index in [1.807, 2.05) is 4.90 Å². The van der Waals surface area contributed by atoms with Gasteiger partial charge in [-0.2, -0.15) is 0 Å². The molecule has 0 aromatic carbocycles. The molecule has 0 saturated carbocycles. The first-order chi connectivity index (χ1) is 9.10. The maximum absolute atomic E-state index is 12.8. The van der Waals surface area contributed by atoms with Gasteiger partial charge in [-0.1, -0.05) is 25.6 Å². The molecule has 0 bridgehead atoms. The standard InChI is InChI=1S/C14H24N2O2S/c1-2-3-11-4-7-16(10-11)13(17)14(12(15)19)5-8-18-9-6-14/h11H,2-10H2,1H3,(H2,15,19). The monoisotopic (exact) mass is 284 g/mol. The normalized spacial score (nSPS) is 26.4. The van der Waals surface area contributed by atoms with Gasteiger partial charge in [-0.3, -0.25) is 4.79 Å². The minimum absolute atomic E-state index is 0.141. The van der Waals surface area contributed by atoms with E-state index < -0.39 is 5.41 Å². The van der Waals surface area contributed by atoms with Gasteiger partial charge in [0.2, 0.25) is 5.91 Å². The third kappa shape index (κ3) is 2.92. The molecule has 2 fully saturated rings. The summed E-state index contributed by atoms with van der Waals surface area (Å²) in [5.41, 5.74) is 5.25. The van der Waals surface area contributed by atoms with Crippen LogP contribution in [0.3, 0.4) is 0 Å². The summed E-state index contributed by atoms with van der Waals surface area (Å²) < 4.78 is 5.36. The summed E-state index contributed by atoms with van der Waals surface area (Å²) in [6, 6.07) is 0. The minimum atomic E-state index is -0.644. The second-order valence-corrected chi connectivity index (χ2v) is 6.19. The lowest BCUT2D eigenvalue weighted by Gasteiger charge is -2.37. The average Bonchev–Trinajstić information content (AvgIpc) is 2.87. The van der Waals surface area contributed by atoms with Crippen LogP contribution in [0.25, 0.3) is 0 Å². The van der Waals surface area contributed by atoms with Crippen molar-refractivity contribution >= 4 is 23.1 Å². The van der Waals surface area contributed by atoms with E-state index >= 15 is 0 Å². The van der Waals surface area contributed by atoms with Crippen LogP contribution in [0.4, 0.5) is 0 Å². The Kier molecular flexibility index (Phi) is 4.79. The van der Waals surface area contributed by atoms with Gasteiger partial charge in [-0.05, 0) is 31.6 Å². The Morgan fingerprint density at radius 2 is 2.16 bits per heavy atom. The lowest BCUT2D eigenvalue weighted by molar-refractivity contribution is -0.141. The zero-order valence-corrected chi connectivity index (χ0v) is 12.5. The zero-order chi connectivity index (χ0) is 13.9. The summed E-state index contributed by atoms with van der Waals surface area (Å²) >= 11 is 5.19. The molecule has 2 heterocycles. The van der Waals surface area contributed by atoms with E-state index in [2.05, 4.69) is 6.92 Å². The Morgan fingerprint density at radius 1 is 1.47 bits per heavy atom. The molecule has 2 rings (SSSR count). The quantitative estimate of drug-likeness (QED) is 0.799. The van der Waals surface area contributed by atoms with Crippen LogP contribution in [0.2, 0.25) is 0 Å². The summed E-state index contributed by atoms with van der Waals surface area (Å²) in [6.45, 7) is 5.08. The van der Waals surface area contributed by atoms with Crippen LogP contribution in [-0.2, 0) is 9.53 Å². The van der Waals surface area contributed by atoms with E-state index in [9.17, 15) is 4.79 Å². The Labute approximate surface area is 120 Å². The predicted octanol–water partition coefficient (Wildman–Crippen LogP) is 1.72. The number of carbonyl (C=O) groups excluding carboxylic acids is 1. The Morgan fingerprint density at radius 3 is 2.74 bits per heavy atom. The molecule has 0 aromatic rings. The fraction of sp³-hybridized carbons (Fsp3) is 0.857. The molecule has 0 aromatic heterocycles. The van der Waals surface area contributed by atoms with Crippen molar-refractivity contribution in [3.8, 4) is 0 Å². The number of hydrogen-bond acceptors (Lipinski definition) is 3. The number of ether oxygens (including phenoxy) is 1. The molecule has 2 saturated heterocycles. The van der Waals surface area contributed by atoms with Crippen LogP contribution in [-0.4, -0.2) is 42.1 Å². The first-order valence-electron chi connectivity index (χ1n) is 7.27. The maximum atomic E-state index is 12.8. The summed E-state index contributed by atoms with van der Waals surface area (Å²) in [4.78, 5) is 15.1. The second-order valence-electron chi connectivity index (χ2n) is 5.75. The fourth-order valence-electron chi connectivity index (χ4n) is 3.25. The predicted molar refractivity (Wildman–Crippen MR) is 78.9 cm³/mol. The SMILES string of the molecule is CCCC1CCN(C(=O)C2(C(N)=S)CCOCC2)C1. The summed E-state index contributed by atoms with van der Waals surface area (Å²) in [6.07, 6.45) is 4.77. The van der Waals surface area contributed by atoms with E-state index in [-0.39, 0.29) is 5.91 Å². The molecular formula is C14H24N2O2S. The fourth-order valence-corrected chi connectivity index (χ4v) is 3.54. The number of hydrogen-bond donors (Lipinski definition) is 1. The van der Waals surface area contributed by atoms with E-state index in [4.69, 9.17) is 22.7 Å². The first-order valence-corrected chi connectivity index (χ1v) is 7.68. The molecular weight excluding hydrogens is 260 g/mol. The molecule has 2 aliphatic rings. The van der Waals surface area contributed by atoms with Gasteiger partial charge >= 0.3 is 0 Å². The van der Waals surface area contributed by atoms with Crippen molar-refractivity contribution in [3.05, 3.63) is 0 Å². The van der Waals surface area contributed by atoms with E-state index in [0.29, 0.717) is 37.0 Å². The van der Waals surface area contributed by atoms with Crippen LogP contribution in [0.15, 0.2) is 0 Å². The van der Waals surface area contributed by atoms with Gasteiger partial charge in [0.25, 0.3) is 0 Å². The molecule has 0 aliphatic carbocycles. The van der Waals surface area contributed by atoms with Gasteiger partial charge in [0.15, 0.2) is 0 Å². The van der Waals surface area contributed by atoms with E-state index in [1.165, 1.54) is 12.8 Å². The number of carbonyl (C=O) groups is 1. The number of rotatable bonds is 4. The second kappa shape index (κ2) is 6.18. The third-order valence-corrected chi connectivity index (χ3v) is 4.89. The molecule has 2 N–H and O–H groups in total. The highest BCUT2D eigenvalue weighted by molar-refractivity contribution is 7.80. The average molecular weight is 284 g/mol. The summed E-state index contributed by atoms with van der Waals surface area (Å²) in [5.74, 6) is 0.791. The van der Waals surface area contributed by atoms with Crippen molar-refractivity contribution in [2.24, 2.45) is 17.1 Å². The Balaban J connectivity index is 2.06. The minimum Gasteiger partial charge on any atom is -0.392 e. The smallest absolute Gasteiger partial charge is 0.235 e. The van der Waals surface area contributed by atoms with Gasteiger partial charge in [0.05, 0.1) is 4.99 Å². The number of nitrogens with zero attached hydrogens (tertiary/aromatic N) is 1. The van der Waals surface area contributed by atoms with Gasteiger partial charge < -0.3 is 15.4 Å². The Bertz CT molecular complexity index is 353. The van der Waals surface area contributed by atoms with Crippen LogP contribution >= 0.6 is 12.2 Å². The number of nitrogens with two attached hydrogens (primary N) is 1. The Hall–Kier alpha value is -0.680. The largest absolute Gasteiger partial charge is 0.392 e. The highest BCUT2D eigenvalue weighted by Gasteiger charge is 2.46. The molecule has 0 radical (unpaired) electrons. The van der Waals surface area contributed by atoms with Crippen molar-refractivity contribution in [2.75, 3.05) is 26.3 Å².